The Morgan fingerprint density at radius 1 is 1.00 bits per heavy atom. The lowest BCUT2D eigenvalue weighted by molar-refractivity contribution is -0.756. The van der Waals surface area contributed by atoms with Gasteiger partial charge >= 0.3 is 0 Å². The fraction of sp³-hybridized carbons (Fsp3) is 0.500. The van der Waals surface area contributed by atoms with Crippen LogP contribution >= 0.6 is 0 Å². The Morgan fingerprint density at radius 2 is 1.33 bits per heavy atom. The van der Waals surface area contributed by atoms with Gasteiger partial charge in [0, 0.05) is 0 Å². The van der Waals surface area contributed by atoms with E-state index in [2.05, 4.69) is 9.68 Å². The first-order chi connectivity index (χ1) is 5.63. The summed E-state index contributed by atoms with van der Waals surface area (Å²) in [5, 5.41) is 17.2. The van der Waals surface area contributed by atoms with Gasteiger partial charge in [0.2, 0.25) is 0 Å². The van der Waals surface area contributed by atoms with Crippen LogP contribution in [0.5, 0.6) is 0 Å². The van der Waals surface area contributed by atoms with Gasteiger partial charge in [-0.15, -0.1) is 20.2 Å². The second-order valence-corrected chi connectivity index (χ2v) is 1.51. The predicted octanol–water partition coefficient (Wildman–Crippen LogP) is -0.0408. The van der Waals surface area contributed by atoms with Gasteiger partial charge in [-0.05, 0) is 0 Å². The molecule has 0 unspecified atom stereocenters. The molecule has 0 spiro atoms. The van der Waals surface area contributed by atoms with Crippen molar-refractivity contribution in [1.82, 2.24) is 0 Å². The molecule has 0 fully saturated rings. The minimum absolute atomic E-state index is 0.242. The van der Waals surface area contributed by atoms with E-state index >= 15 is 0 Å². The summed E-state index contributed by atoms with van der Waals surface area (Å²) in [6.07, 6.45) is 2.48. The van der Waals surface area contributed by atoms with E-state index in [1.54, 1.807) is 0 Å². The van der Waals surface area contributed by atoms with Crippen LogP contribution in [0.15, 0.2) is 12.2 Å². The van der Waals surface area contributed by atoms with Gasteiger partial charge in [-0.2, -0.15) is 0 Å². The second kappa shape index (κ2) is 5.89. The van der Waals surface area contributed by atoms with E-state index in [0.717, 1.165) is 0 Å². The standard InChI is InChI=1S/C4H6N2O6/c7-5(8)11-3-1-2-4-12-6(9)10/h1-2H,3-4H2/b2-1+. The lowest BCUT2D eigenvalue weighted by atomic mass is 10.5. The summed E-state index contributed by atoms with van der Waals surface area (Å²) in [6, 6.07) is 0. The molecule has 12 heavy (non-hydrogen) atoms. The van der Waals surface area contributed by atoms with Crippen molar-refractivity contribution in [3.63, 3.8) is 0 Å². The highest BCUT2D eigenvalue weighted by Crippen LogP contribution is 1.80. The third-order valence-corrected chi connectivity index (χ3v) is 0.719. The van der Waals surface area contributed by atoms with Gasteiger partial charge in [-0.1, -0.05) is 12.2 Å². The third-order valence-electron chi connectivity index (χ3n) is 0.719. The summed E-state index contributed by atoms with van der Waals surface area (Å²) in [4.78, 5) is 26.8. The predicted molar refractivity (Wildman–Crippen MR) is 35.0 cm³/mol. The van der Waals surface area contributed by atoms with Crippen molar-refractivity contribution in [1.29, 1.82) is 0 Å². The molecule has 8 nitrogen and oxygen atoms in total. The number of hydrogen-bond donors (Lipinski definition) is 0. The van der Waals surface area contributed by atoms with Crippen LogP contribution < -0.4 is 0 Å². The average Bonchev–Trinajstić information content (AvgIpc) is 1.95. The van der Waals surface area contributed by atoms with E-state index < -0.39 is 10.2 Å². The number of nitrogens with zero attached hydrogens (tertiary/aromatic N) is 2. The maximum absolute atomic E-state index is 9.55. The van der Waals surface area contributed by atoms with Crippen LogP contribution in [-0.4, -0.2) is 23.4 Å². The molecule has 0 rings (SSSR count). The van der Waals surface area contributed by atoms with Crippen LogP contribution in [-0.2, 0) is 9.68 Å². The lowest BCUT2D eigenvalue weighted by Gasteiger charge is -1.91. The van der Waals surface area contributed by atoms with Crippen molar-refractivity contribution < 1.29 is 19.8 Å². The molecule has 0 saturated carbocycles. The topological polar surface area (TPSA) is 105 Å². The molecular formula is C4H6N2O6. The van der Waals surface area contributed by atoms with Gasteiger partial charge in [0.25, 0.3) is 10.2 Å². The van der Waals surface area contributed by atoms with Crippen molar-refractivity contribution in [2.24, 2.45) is 0 Å². The Bertz CT molecular complexity index is 170. The maximum atomic E-state index is 9.55. The molecule has 0 atom stereocenters. The summed E-state index contributed by atoms with van der Waals surface area (Å²) in [7, 11) is 0. The Labute approximate surface area is 66.6 Å². The fourth-order valence-electron chi connectivity index (χ4n) is 0.344. The van der Waals surface area contributed by atoms with E-state index in [1.165, 1.54) is 12.2 Å². The highest BCUT2D eigenvalue weighted by atomic mass is 17.0. The van der Waals surface area contributed by atoms with Gasteiger partial charge in [-0.25, -0.2) is 0 Å². The zero-order valence-corrected chi connectivity index (χ0v) is 5.91. The van der Waals surface area contributed by atoms with Crippen molar-refractivity contribution in [3.05, 3.63) is 32.4 Å². The molecule has 0 aliphatic heterocycles. The molecule has 8 heteroatoms. The summed E-state index contributed by atoms with van der Waals surface area (Å²) in [6.45, 7) is -0.484. The van der Waals surface area contributed by atoms with Gasteiger partial charge in [0.1, 0.15) is 13.2 Å². The van der Waals surface area contributed by atoms with E-state index in [1.807, 2.05) is 0 Å². The summed E-state index contributed by atoms with van der Waals surface area (Å²) >= 11 is 0. The molecule has 0 aromatic rings. The zero-order chi connectivity index (χ0) is 9.40. The zero-order valence-electron chi connectivity index (χ0n) is 5.91. The summed E-state index contributed by atoms with van der Waals surface area (Å²) in [5.41, 5.74) is 0. The SMILES string of the molecule is O=[N+]([O-])OC/C=C/CO[N+](=O)[O-]. The average molecular weight is 178 g/mol. The van der Waals surface area contributed by atoms with Crippen LogP contribution in [0.2, 0.25) is 0 Å². The Kier molecular flexibility index (Phi) is 4.98. The van der Waals surface area contributed by atoms with Crippen LogP contribution in [0.1, 0.15) is 0 Å². The highest BCUT2D eigenvalue weighted by molar-refractivity contribution is 4.79. The molecule has 0 aromatic heterocycles. The van der Waals surface area contributed by atoms with E-state index in [-0.39, 0.29) is 13.2 Å². The molecule has 0 aliphatic carbocycles. The number of rotatable bonds is 6. The van der Waals surface area contributed by atoms with Crippen molar-refractivity contribution in [3.8, 4) is 0 Å². The first-order valence-corrected chi connectivity index (χ1v) is 2.82. The molecule has 68 valence electrons. The summed E-state index contributed by atoms with van der Waals surface area (Å²) in [5.74, 6) is 0. The van der Waals surface area contributed by atoms with Crippen molar-refractivity contribution in [2.45, 2.75) is 0 Å². The fourth-order valence-corrected chi connectivity index (χ4v) is 0.344. The maximum Gasteiger partial charge on any atom is 0.294 e. The van der Waals surface area contributed by atoms with Crippen LogP contribution in [0.4, 0.5) is 0 Å². The van der Waals surface area contributed by atoms with Gasteiger partial charge in [0.05, 0.1) is 0 Å². The lowest BCUT2D eigenvalue weighted by Crippen LogP contribution is -2.01. The van der Waals surface area contributed by atoms with Crippen molar-refractivity contribution >= 4 is 0 Å². The van der Waals surface area contributed by atoms with Crippen LogP contribution in [0.25, 0.3) is 0 Å². The number of hydrogen-bond acceptors (Lipinski definition) is 6. The molecule has 0 aromatic carbocycles. The molecule has 0 aliphatic rings. The van der Waals surface area contributed by atoms with Gasteiger partial charge < -0.3 is 9.68 Å². The smallest absolute Gasteiger partial charge is 0.294 e. The van der Waals surface area contributed by atoms with Gasteiger partial charge in [-0.3, -0.25) is 0 Å². The van der Waals surface area contributed by atoms with E-state index in [0.29, 0.717) is 0 Å². The minimum atomic E-state index is -0.960. The van der Waals surface area contributed by atoms with Crippen LogP contribution in [0, 0.1) is 20.2 Å². The largest absolute Gasteiger partial charge is 0.310 e. The Balaban J connectivity index is 3.26. The summed E-state index contributed by atoms with van der Waals surface area (Å²) < 4.78 is 0. The quantitative estimate of drug-likeness (QED) is 0.321. The monoisotopic (exact) mass is 178 g/mol. The second-order valence-electron chi connectivity index (χ2n) is 1.51. The van der Waals surface area contributed by atoms with E-state index in [4.69, 9.17) is 0 Å². The first-order valence-electron chi connectivity index (χ1n) is 2.82. The molecule has 0 N–H and O–H groups in total. The molecule has 0 bridgehead atoms. The Morgan fingerprint density at radius 3 is 1.58 bits per heavy atom. The molecule has 0 amide bonds. The molecule has 0 radical (unpaired) electrons. The minimum Gasteiger partial charge on any atom is -0.310 e. The molecule has 0 saturated heterocycles. The third kappa shape index (κ3) is 8.14. The molecule has 0 heterocycles. The first kappa shape index (κ1) is 10.1. The van der Waals surface area contributed by atoms with Crippen LogP contribution in [0.3, 0.4) is 0 Å². The Hall–Kier alpha value is -1.86. The van der Waals surface area contributed by atoms with Gasteiger partial charge in [0.15, 0.2) is 0 Å². The highest BCUT2D eigenvalue weighted by Gasteiger charge is 1.90. The van der Waals surface area contributed by atoms with E-state index in [9.17, 15) is 20.2 Å². The molecular weight excluding hydrogens is 172 g/mol. The normalized spacial score (nSPS) is 9.67. The van der Waals surface area contributed by atoms with Crippen molar-refractivity contribution in [2.75, 3.05) is 13.2 Å².